The van der Waals surface area contributed by atoms with Gasteiger partial charge < -0.3 is 4.70 Å². The summed E-state index contributed by atoms with van der Waals surface area (Å²) in [6, 6.07) is 0. The van der Waals surface area contributed by atoms with Crippen LogP contribution in [0.4, 0.5) is 0 Å². The van der Waals surface area contributed by atoms with Crippen LogP contribution in [0.3, 0.4) is 0 Å². The van der Waals surface area contributed by atoms with Gasteiger partial charge in [-0.15, -0.1) is 0 Å². The Bertz CT molecular complexity index is 54.0. The number of rotatable bonds is 1. The van der Waals surface area contributed by atoms with Crippen LogP contribution in [0.25, 0.3) is 0 Å². The molecule has 0 radical (unpaired) electrons. The van der Waals surface area contributed by atoms with Crippen molar-refractivity contribution in [2.75, 3.05) is 20.0 Å². The van der Waals surface area contributed by atoms with E-state index >= 15 is 0 Å². The molecular weight excluding hydrogens is 122 g/mol. The third-order valence-electron chi connectivity index (χ3n) is 1.55. The quantitative estimate of drug-likeness (QED) is 0.421. The topological polar surface area (TPSA) is 0 Å². The second kappa shape index (κ2) is 3.40. The molecule has 52 valence electrons. The molecule has 0 N–H and O–H groups in total. The van der Waals surface area contributed by atoms with Crippen molar-refractivity contribution in [3.8, 4) is 0 Å². The van der Waals surface area contributed by atoms with Gasteiger partial charge in [-0.25, -0.2) is 0 Å². The lowest BCUT2D eigenvalue weighted by atomic mass is 10.6. The second-order valence-electron chi connectivity index (χ2n) is 3.21. The molecule has 0 aliphatic carbocycles. The van der Waals surface area contributed by atoms with Gasteiger partial charge in [0.25, 0.3) is 0 Å². The van der Waals surface area contributed by atoms with Crippen molar-refractivity contribution in [1.82, 2.24) is 0 Å². The molecule has 0 unspecified atom stereocenters. The van der Waals surface area contributed by atoms with Crippen molar-refractivity contribution >= 4 is 7.26 Å². The van der Waals surface area contributed by atoms with E-state index in [-0.39, 0.29) is 4.70 Å². The summed E-state index contributed by atoms with van der Waals surface area (Å²) in [6.07, 6.45) is 0. The molecule has 0 fully saturated rings. The molecule has 8 heavy (non-hydrogen) atoms. The lowest BCUT2D eigenvalue weighted by Gasteiger charge is -2.15. The predicted molar refractivity (Wildman–Crippen MR) is 39.8 cm³/mol. The van der Waals surface area contributed by atoms with Gasteiger partial charge in [0.2, 0.25) is 0 Å². The molecule has 0 rings (SSSR count). The second-order valence-corrected chi connectivity index (χ2v) is 8.48. The van der Waals surface area contributed by atoms with Gasteiger partial charge in [-0.2, -0.15) is 0 Å². The minimum Gasteiger partial charge on any atom is -1.00 e. The van der Waals surface area contributed by atoms with Crippen LogP contribution >= 0.6 is 7.26 Å². The molecule has 0 aromatic heterocycles. The van der Waals surface area contributed by atoms with Gasteiger partial charge in [-0.05, 0) is 13.8 Å². The predicted octanol–water partition coefficient (Wildman–Crippen LogP) is -0.694. The van der Waals surface area contributed by atoms with Gasteiger partial charge in [0, 0.05) is 27.3 Å². The van der Waals surface area contributed by atoms with Crippen molar-refractivity contribution in [2.45, 2.75) is 19.5 Å². The van der Waals surface area contributed by atoms with E-state index < -0.39 is 7.26 Å². The zero-order chi connectivity index (χ0) is 6.08. The van der Waals surface area contributed by atoms with Crippen molar-refractivity contribution in [1.29, 1.82) is 0 Å². The molecule has 0 aliphatic rings. The van der Waals surface area contributed by atoms with Gasteiger partial charge in [0.05, 0.1) is 5.66 Å². The molecule has 0 saturated carbocycles. The highest BCUT2D eigenvalue weighted by molar-refractivity contribution is 7.74. The van der Waals surface area contributed by atoms with Crippen molar-refractivity contribution in [2.24, 2.45) is 0 Å². The van der Waals surface area contributed by atoms with Gasteiger partial charge in [0.1, 0.15) is 0 Å². The molecule has 2 heteroatoms. The molecule has 0 spiro atoms. The van der Waals surface area contributed by atoms with Crippen molar-refractivity contribution in [3.05, 3.63) is 0 Å². The zero-order valence-corrected chi connectivity index (χ0v) is 7.30. The first-order valence-electron chi connectivity index (χ1n) is 2.75. The van der Waals surface area contributed by atoms with Gasteiger partial charge in [-0.1, -0.05) is 0 Å². The van der Waals surface area contributed by atoms with Crippen molar-refractivity contribution in [3.63, 3.8) is 0 Å². The highest BCUT2D eigenvalue weighted by atomic mass is 31.2. The minimum absolute atomic E-state index is 0. The van der Waals surface area contributed by atoms with Gasteiger partial charge >= 0.3 is 0 Å². The summed E-state index contributed by atoms with van der Waals surface area (Å²) < 4.78 is 0. The average Bonchev–Trinajstić information content (AvgIpc) is 1.31. The standard InChI is InChI=1S/C6H16P.FH/c1-6(2)7(3,4)5;/h6H,1-5H3;1H/q+1;/p-1. The first kappa shape index (κ1) is 11.2. The number of hydrogen-bond acceptors (Lipinski definition) is 0. The van der Waals surface area contributed by atoms with Crippen LogP contribution in [0, 0.1) is 0 Å². The van der Waals surface area contributed by atoms with Crippen LogP contribution in [0.5, 0.6) is 0 Å². The Morgan fingerprint density at radius 2 is 1.12 bits per heavy atom. The Morgan fingerprint density at radius 3 is 1.12 bits per heavy atom. The largest absolute Gasteiger partial charge is 1.00 e. The number of halogens is 1. The molecule has 0 atom stereocenters. The maximum Gasteiger partial charge on any atom is 0.0633 e. The Labute approximate surface area is 52.4 Å². The van der Waals surface area contributed by atoms with E-state index in [4.69, 9.17) is 0 Å². The third-order valence-corrected chi connectivity index (χ3v) is 4.65. The summed E-state index contributed by atoms with van der Waals surface area (Å²) in [5, 5.41) is 0. The highest BCUT2D eigenvalue weighted by Crippen LogP contribution is 2.51. The van der Waals surface area contributed by atoms with E-state index in [1.807, 2.05) is 0 Å². The molecule has 0 heterocycles. The fourth-order valence-electron chi connectivity index (χ4n) is 0. The van der Waals surface area contributed by atoms with Crippen LogP contribution in [-0.4, -0.2) is 25.7 Å². The normalized spacial score (nSPS) is 11.2. The average molecular weight is 138 g/mol. The Balaban J connectivity index is 0. The molecule has 0 nitrogen and oxygen atoms in total. The Kier molecular flexibility index (Phi) is 4.76. The molecule has 0 saturated heterocycles. The van der Waals surface area contributed by atoms with E-state index in [0.29, 0.717) is 0 Å². The minimum atomic E-state index is -0.488. The maximum absolute atomic E-state index is 2.37. The maximum atomic E-state index is 2.37. The first-order chi connectivity index (χ1) is 2.94. The summed E-state index contributed by atoms with van der Waals surface area (Å²) in [7, 11) is -0.488. The summed E-state index contributed by atoms with van der Waals surface area (Å²) in [5.41, 5.74) is 0.910. The summed E-state index contributed by atoms with van der Waals surface area (Å²) in [5.74, 6) is 0. The highest BCUT2D eigenvalue weighted by Gasteiger charge is 2.21. The van der Waals surface area contributed by atoms with E-state index in [9.17, 15) is 0 Å². The molecular formula is C6H16FP. The fraction of sp³-hybridized carbons (Fsp3) is 1.00. The molecule has 0 aromatic carbocycles. The van der Waals surface area contributed by atoms with Crippen LogP contribution in [0.15, 0.2) is 0 Å². The van der Waals surface area contributed by atoms with Gasteiger partial charge in [0.15, 0.2) is 0 Å². The third kappa shape index (κ3) is 4.52. The lowest BCUT2D eigenvalue weighted by Crippen LogP contribution is -3.00. The van der Waals surface area contributed by atoms with E-state index in [2.05, 4.69) is 33.8 Å². The molecule has 0 aliphatic heterocycles. The molecule has 0 bridgehead atoms. The van der Waals surface area contributed by atoms with Crippen LogP contribution in [0.1, 0.15) is 13.8 Å². The summed E-state index contributed by atoms with van der Waals surface area (Å²) in [6.45, 7) is 11.7. The van der Waals surface area contributed by atoms with Gasteiger partial charge in [-0.3, -0.25) is 0 Å². The van der Waals surface area contributed by atoms with Crippen molar-refractivity contribution < 1.29 is 4.70 Å². The van der Waals surface area contributed by atoms with Crippen LogP contribution in [-0.2, 0) is 0 Å². The van der Waals surface area contributed by atoms with E-state index in [1.165, 1.54) is 0 Å². The first-order valence-corrected chi connectivity index (χ1v) is 5.95. The van der Waals surface area contributed by atoms with E-state index in [0.717, 1.165) is 5.66 Å². The summed E-state index contributed by atoms with van der Waals surface area (Å²) >= 11 is 0. The van der Waals surface area contributed by atoms with Crippen LogP contribution < -0.4 is 4.70 Å². The monoisotopic (exact) mass is 138 g/mol. The summed E-state index contributed by atoms with van der Waals surface area (Å²) in [4.78, 5) is 0. The van der Waals surface area contributed by atoms with Crippen LogP contribution in [0.2, 0.25) is 0 Å². The smallest absolute Gasteiger partial charge is 0.0633 e. The van der Waals surface area contributed by atoms with E-state index in [1.54, 1.807) is 0 Å². The Hall–Kier alpha value is 0.360. The molecule has 0 aromatic rings. The zero-order valence-electron chi connectivity index (χ0n) is 6.40. The lowest BCUT2D eigenvalue weighted by molar-refractivity contribution is -0.00000191. The molecule has 0 amide bonds. The number of hydrogen-bond donors (Lipinski definition) is 0. The fourth-order valence-corrected chi connectivity index (χ4v) is 0. The SMILES string of the molecule is CC(C)[P+](C)(C)C.[F-]. The Morgan fingerprint density at radius 1 is 1.00 bits per heavy atom.